The third kappa shape index (κ3) is 2.54. The number of halogens is 2. The van der Waals surface area contributed by atoms with Gasteiger partial charge in [-0.05, 0) is 30.7 Å². The fourth-order valence-electron chi connectivity index (χ4n) is 2.73. The predicted molar refractivity (Wildman–Crippen MR) is 98.2 cm³/mol. The summed E-state index contributed by atoms with van der Waals surface area (Å²) in [5.74, 6) is 0. The lowest BCUT2D eigenvalue weighted by Crippen LogP contribution is -2.14. The molecule has 4 heterocycles. The van der Waals surface area contributed by atoms with Gasteiger partial charge < -0.3 is 5.73 Å². The number of fused-ring (bicyclic) bond motifs is 2. The SMILES string of the molecule is NCCc1cn(S(=O)(=O)c2c(Cl)nc3sc(Cl)cn23)c2cccnc12. The molecular formula is C14H11Cl2N5O2S2. The van der Waals surface area contributed by atoms with Crippen molar-refractivity contribution in [1.82, 2.24) is 18.3 Å². The Kier molecular flexibility index (Phi) is 4.00. The van der Waals surface area contributed by atoms with Crippen LogP contribution in [0.25, 0.3) is 16.0 Å². The molecule has 11 heteroatoms. The van der Waals surface area contributed by atoms with E-state index in [0.29, 0.717) is 33.3 Å². The molecule has 2 N–H and O–H groups in total. The first-order chi connectivity index (χ1) is 11.9. The highest BCUT2D eigenvalue weighted by Gasteiger charge is 2.29. The third-order valence-corrected chi connectivity index (χ3v) is 6.91. The van der Waals surface area contributed by atoms with Crippen LogP contribution in [0.2, 0.25) is 9.49 Å². The van der Waals surface area contributed by atoms with Crippen LogP contribution in [0.15, 0.2) is 35.7 Å². The van der Waals surface area contributed by atoms with Crippen LogP contribution in [-0.2, 0) is 16.4 Å². The molecule has 0 amide bonds. The van der Waals surface area contributed by atoms with Crippen molar-refractivity contribution in [2.75, 3.05) is 6.54 Å². The zero-order chi connectivity index (χ0) is 17.8. The second-order valence-corrected chi connectivity index (χ2v) is 8.99. The molecule has 0 fully saturated rings. The minimum Gasteiger partial charge on any atom is -0.330 e. The average Bonchev–Trinajstić information content (AvgIpc) is 3.18. The topological polar surface area (TPSA) is 95.3 Å². The molecule has 0 aliphatic rings. The Morgan fingerprint density at radius 3 is 2.84 bits per heavy atom. The Labute approximate surface area is 156 Å². The van der Waals surface area contributed by atoms with Crippen molar-refractivity contribution in [1.29, 1.82) is 0 Å². The van der Waals surface area contributed by atoms with E-state index >= 15 is 0 Å². The van der Waals surface area contributed by atoms with Crippen LogP contribution in [0.4, 0.5) is 0 Å². The maximum absolute atomic E-state index is 13.3. The number of hydrogen-bond donors (Lipinski definition) is 1. The molecule has 4 aromatic rings. The summed E-state index contributed by atoms with van der Waals surface area (Å²) < 4.78 is 29.5. The molecule has 0 aliphatic carbocycles. The van der Waals surface area contributed by atoms with Crippen molar-refractivity contribution < 1.29 is 8.42 Å². The highest BCUT2D eigenvalue weighted by molar-refractivity contribution is 7.90. The van der Waals surface area contributed by atoms with E-state index in [2.05, 4.69) is 9.97 Å². The maximum atomic E-state index is 13.3. The zero-order valence-corrected chi connectivity index (χ0v) is 15.7. The van der Waals surface area contributed by atoms with Crippen LogP contribution in [-0.4, -0.2) is 33.3 Å². The van der Waals surface area contributed by atoms with Gasteiger partial charge >= 0.3 is 0 Å². The monoisotopic (exact) mass is 415 g/mol. The summed E-state index contributed by atoms with van der Waals surface area (Å²) in [6.45, 7) is 0.382. The van der Waals surface area contributed by atoms with Gasteiger partial charge in [0.2, 0.25) is 5.03 Å². The third-order valence-electron chi connectivity index (χ3n) is 3.73. The first-order valence-corrected chi connectivity index (χ1v) is 10.2. The molecule has 0 aliphatic heterocycles. The second-order valence-electron chi connectivity index (χ2n) is 5.26. The minimum absolute atomic E-state index is 0.103. The zero-order valence-electron chi connectivity index (χ0n) is 12.6. The van der Waals surface area contributed by atoms with Gasteiger partial charge in [0.1, 0.15) is 4.34 Å². The van der Waals surface area contributed by atoms with Gasteiger partial charge in [-0.15, -0.1) is 0 Å². The van der Waals surface area contributed by atoms with E-state index in [1.807, 2.05) is 0 Å². The molecule has 0 unspecified atom stereocenters. The van der Waals surface area contributed by atoms with Gasteiger partial charge in [-0.2, -0.15) is 8.42 Å². The van der Waals surface area contributed by atoms with Crippen molar-refractivity contribution in [3.63, 3.8) is 0 Å². The Morgan fingerprint density at radius 1 is 1.28 bits per heavy atom. The molecule has 0 bridgehead atoms. The van der Waals surface area contributed by atoms with Crippen molar-refractivity contribution in [3.05, 3.63) is 45.8 Å². The molecule has 7 nitrogen and oxygen atoms in total. The normalized spacial score (nSPS) is 12.4. The van der Waals surface area contributed by atoms with Crippen LogP contribution < -0.4 is 5.73 Å². The van der Waals surface area contributed by atoms with Gasteiger partial charge in [0.25, 0.3) is 10.0 Å². The Bertz CT molecular complexity index is 1210. The lowest BCUT2D eigenvalue weighted by atomic mass is 10.2. The largest absolute Gasteiger partial charge is 0.330 e. The van der Waals surface area contributed by atoms with Gasteiger partial charge in [0.15, 0.2) is 10.1 Å². The molecule has 0 saturated carbocycles. The molecular weight excluding hydrogens is 405 g/mol. The molecule has 0 saturated heterocycles. The van der Waals surface area contributed by atoms with Gasteiger partial charge in [0, 0.05) is 18.6 Å². The van der Waals surface area contributed by atoms with E-state index in [9.17, 15) is 8.42 Å². The first-order valence-electron chi connectivity index (χ1n) is 7.17. The summed E-state index contributed by atoms with van der Waals surface area (Å²) in [6.07, 6.45) is 5.14. The van der Waals surface area contributed by atoms with Crippen molar-refractivity contribution in [2.45, 2.75) is 11.4 Å². The molecule has 0 radical (unpaired) electrons. The maximum Gasteiger partial charge on any atom is 0.287 e. The van der Waals surface area contributed by atoms with Gasteiger partial charge in [-0.25, -0.2) is 8.96 Å². The summed E-state index contributed by atoms with van der Waals surface area (Å²) in [5, 5.41) is -0.235. The smallest absolute Gasteiger partial charge is 0.287 e. The molecule has 0 spiro atoms. The average molecular weight is 416 g/mol. The minimum atomic E-state index is -4.01. The van der Waals surface area contributed by atoms with Gasteiger partial charge in [-0.3, -0.25) is 9.38 Å². The Balaban J connectivity index is 2.02. The van der Waals surface area contributed by atoms with E-state index in [0.717, 1.165) is 16.9 Å². The summed E-state index contributed by atoms with van der Waals surface area (Å²) >= 11 is 13.2. The predicted octanol–water partition coefficient (Wildman–Crippen LogP) is 2.79. The lowest BCUT2D eigenvalue weighted by Gasteiger charge is -2.06. The van der Waals surface area contributed by atoms with E-state index in [1.165, 1.54) is 20.8 Å². The molecule has 0 aromatic carbocycles. The number of aromatic nitrogens is 4. The highest BCUT2D eigenvalue weighted by atomic mass is 35.5. The van der Waals surface area contributed by atoms with Crippen LogP contribution in [0.3, 0.4) is 0 Å². The summed E-state index contributed by atoms with van der Waals surface area (Å²) in [4.78, 5) is 8.78. The number of pyridine rings is 1. The Hall–Kier alpha value is -1.65. The second kappa shape index (κ2) is 5.96. The quantitative estimate of drug-likeness (QED) is 0.552. The van der Waals surface area contributed by atoms with Crippen LogP contribution in [0.1, 0.15) is 5.56 Å². The van der Waals surface area contributed by atoms with Crippen LogP contribution in [0, 0.1) is 0 Å². The fraction of sp³-hybridized carbons (Fsp3) is 0.143. The summed E-state index contributed by atoms with van der Waals surface area (Å²) in [5.41, 5.74) is 7.43. The summed E-state index contributed by atoms with van der Waals surface area (Å²) in [7, 11) is -4.01. The number of rotatable bonds is 4. The van der Waals surface area contributed by atoms with Crippen molar-refractivity contribution in [2.24, 2.45) is 5.73 Å². The van der Waals surface area contributed by atoms with E-state index in [4.69, 9.17) is 28.9 Å². The fourth-order valence-corrected chi connectivity index (χ4v) is 5.82. The Morgan fingerprint density at radius 2 is 2.08 bits per heavy atom. The van der Waals surface area contributed by atoms with Crippen molar-refractivity contribution >= 4 is 60.6 Å². The molecule has 25 heavy (non-hydrogen) atoms. The van der Waals surface area contributed by atoms with Crippen molar-refractivity contribution in [3.8, 4) is 0 Å². The van der Waals surface area contributed by atoms with Gasteiger partial charge in [-0.1, -0.05) is 34.5 Å². The molecule has 4 aromatic heterocycles. The highest BCUT2D eigenvalue weighted by Crippen LogP contribution is 2.33. The first kappa shape index (κ1) is 16.8. The molecule has 4 rings (SSSR count). The van der Waals surface area contributed by atoms with Crippen LogP contribution >= 0.6 is 34.5 Å². The number of nitrogens with two attached hydrogens (primary N) is 1. The summed E-state index contributed by atoms with van der Waals surface area (Å²) in [6, 6.07) is 3.36. The molecule has 0 atom stereocenters. The van der Waals surface area contributed by atoms with Crippen LogP contribution in [0.5, 0.6) is 0 Å². The lowest BCUT2D eigenvalue weighted by molar-refractivity contribution is 0.584. The van der Waals surface area contributed by atoms with E-state index < -0.39 is 10.0 Å². The van der Waals surface area contributed by atoms with E-state index in [-0.39, 0.29) is 10.2 Å². The molecule has 130 valence electrons. The number of imidazole rings is 1. The number of nitrogens with zero attached hydrogens (tertiary/aromatic N) is 4. The standard InChI is InChI=1S/C14H11Cl2N5O2S2/c15-10-7-20-13(12(16)19-14(20)24-10)25(22,23)21-6-8(3-4-17)11-9(21)2-1-5-18-11/h1-2,5-7H,3-4,17H2. The van der Waals surface area contributed by atoms with E-state index in [1.54, 1.807) is 18.3 Å². The van der Waals surface area contributed by atoms with Gasteiger partial charge in [0.05, 0.1) is 11.0 Å². The number of thiazole rings is 1. The number of hydrogen-bond acceptors (Lipinski definition) is 6.